The molecule has 1 amide bonds. The van der Waals surface area contributed by atoms with Crippen LogP contribution in [0.25, 0.3) is 0 Å². The Kier molecular flexibility index (Phi) is 6.76. The van der Waals surface area contributed by atoms with E-state index in [2.05, 4.69) is 10.5 Å². The number of benzene rings is 2. The van der Waals surface area contributed by atoms with Gasteiger partial charge in [0.15, 0.2) is 11.5 Å². The topological polar surface area (TPSA) is 128 Å². The highest BCUT2D eigenvalue weighted by atomic mass is 16.5. The number of hydrogen-bond acceptors (Lipinski definition) is 7. The van der Waals surface area contributed by atoms with Crippen molar-refractivity contribution in [2.75, 3.05) is 0 Å². The number of phenols is 3. The summed E-state index contributed by atoms with van der Waals surface area (Å²) in [6, 6.07) is 8.17. The molecule has 0 fully saturated rings. The Bertz CT molecular complexity index is 846. The maximum atomic E-state index is 11.9. The third-order valence-electron chi connectivity index (χ3n) is 3.59. The summed E-state index contributed by atoms with van der Waals surface area (Å²) < 4.78 is 5.02. The van der Waals surface area contributed by atoms with Gasteiger partial charge in [-0.3, -0.25) is 9.59 Å². The third kappa shape index (κ3) is 5.46. The predicted octanol–water partition coefficient (Wildman–Crippen LogP) is 2.66. The molecule has 8 heteroatoms. The van der Waals surface area contributed by atoms with Crippen molar-refractivity contribution in [3.05, 3.63) is 47.5 Å². The van der Waals surface area contributed by atoms with Gasteiger partial charge in [-0.15, -0.1) is 0 Å². The predicted molar refractivity (Wildman–Crippen MR) is 98.1 cm³/mol. The number of carbonyl (C=O) groups is 2. The molecule has 2 rings (SSSR count). The molecule has 0 saturated heterocycles. The van der Waals surface area contributed by atoms with Crippen LogP contribution in [0.5, 0.6) is 23.0 Å². The molecule has 0 aliphatic carbocycles. The Morgan fingerprint density at radius 3 is 2.48 bits per heavy atom. The maximum absolute atomic E-state index is 11.9. The number of hydrogen-bond donors (Lipinski definition) is 4. The van der Waals surface area contributed by atoms with Crippen molar-refractivity contribution in [2.24, 2.45) is 5.10 Å². The van der Waals surface area contributed by atoms with E-state index in [9.17, 15) is 24.9 Å². The van der Waals surface area contributed by atoms with Crippen molar-refractivity contribution >= 4 is 18.1 Å². The second-order valence-electron chi connectivity index (χ2n) is 5.68. The SMILES string of the molecule is CCCCC(=O)Oc1c(O)ccc(/C=N/NC(=O)c2ccc(O)cc2)c1O. The Morgan fingerprint density at radius 2 is 1.81 bits per heavy atom. The quantitative estimate of drug-likeness (QED) is 0.256. The molecule has 0 aromatic heterocycles. The van der Waals surface area contributed by atoms with Gasteiger partial charge in [0, 0.05) is 17.5 Å². The molecule has 0 unspecified atom stereocenters. The first kappa shape index (κ1) is 19.8. The van der Waals surface area contributed by atoms with Crippen molar-refractivity contribution in [1.29, 1.82) is 0 Å². The molecule has 2 aromatic rings. The van der Waals surface area contributed by atoms with E-state index in [0.717, 1.165) is 12.6 Å². The van der Waals surface area contributed by atoms with Crippen LogP contribution in [0.2, 0.25) is 0 Å². The van der Waals surface area contributed by atoms with E-state index in [4.69, 9.17) is 4.74 Å². The number of carbonyl (C=O) groups excluding carboxylic acids is 2. The molecular formula is C19H20N2O6. The molecule has 0 aliphatic rings. The molecule has 4 N–H and O–H groups in total. The fourth-order valence-corrected chi connectivity index (χ4v) is 2.10. The summed E-state index contributed by atoms with van der Waals surface area (Å²) in [5.41, 5.74) is 2.68. The second-order valence-corrected chi connectivity index (χ2v) is 5.68. The minimum Gasteiger partial charge on any atom is -0.508 e. The van der Waals surface area contributed by atoms with Crippen molar-refractivity contribution in [1.82, 2.24) is 5.43 Å². The number of aromatic hydroxyl groups is 3. The molecule has 0 radical (unpaired) electrons. The minimum absolute atomic E-state index is 0.0325. The Morgan fingerprint density at radius 1 is 1.11 bits per heavy atom. The first-order chi connectivity index (χ1) is 12.9. The zero-order valence-corrected chi connectivity index (χ0v) is 14.7. The van der Waals surface area contributed by atoms with Crippen molar-refractivity contribution in [3.8, 4) is 23.0 Å². The van der Waals surface area contributed by atoms with E-state index in [1.807, 2.05) is 6.92 Å². The zero-order valence-electron chi connectivity index (χ0n) is 14.7. The molecule has 2 aromatic carbocycles. The molecule has 0 atom stereocenters. The lowest BCUT2D eigenvalue weighted by Gasteiger charge is -2.10. The van der Waals surface area contributed by atoms with Crippen molar-refractivity contribution in [3.63, 3.8) is 0 Å². The van der Waals surface area contributed by atoms with E-state index in [0.29, 0.717) is 6.42 Å². The summed E-state index contributed by atoms with van der Waals surface area (Å²) in [6.45, 7) is 1.92. The van der Waals surface area contributed by atoms with E-state index >= 15 is 0 Å². The first-order valence-electron chi connectivity index (χ1n) is 8.30. The standard InChI is InChI=1S/C19H20N2O6/c1-2-3-4-16(24)27-18-15(23)10-7-13(17(18)25)11-20-21-19(26)12-5-8-14(22)9-6-12/h5-11,22-23,25H,2-4H2,1H3,(H,21,26)/b20-11+. The number of unbranched alkanes of at least 4 members (excludes halogenated alkanes) is 1. The fraction of sp³-hybridized carbons (Fsp3) is 0.211. The molecule has 0 spiro atoms. The molecule has 0 bridgehead atoms. The van der Waals surface area contributed by atoms with Crippen molar-refractivity contribution in [2.45, 2.75) is 26.2 Å². The average molecular weight is 372 g/mol. The van der Waals surface area contributed by atoms with Crippen LogP contribution in [-0.4, -0.2) is 33.4 Å². The smallest absolute Gasteiger partial charge is 0.311 e. The van der Waals surface area contributed by atoms with Crippen LogP contribution in [0.3, 0.4) is 0 Å². The Labute approximate surface area is 155 Å². The molecule has 0 aliphatic heterocycles. The van der Waals surface area contributed by atoms with Gasteiger partial charge in [0.2, 0.25) is 5.75 Å². The highest BCUT2D eigenvalue weighted by molar-refractivity contribution is 5.95. The summed E-state index contributed by atoms with van der Waals surface area (Å²) in [5.74, 6) is -2.27. The molecule has 8 nitrogen and oxygen atoms in total. The van der Waals surface area contributed by atoms with Gasteiger partial charge in [-0.05, 0) is 42.8 Å². The lowest BCUT2D eigenvalue weighted by molar-refractivity contribution is -0.134. The highest BCUT2D eigenvalue weighted by Crippen LogP contribution is 2.38. The minimum atomic E-state index is -0.572. The summed E-state index contributed by atoms with van der Waals surface area (Å²) in [7, 11) is 0. The van der Waals surface area contributed by atoms with Crippen LogP contribution in [-0.2, 0) is 4.79 Å². The lowest BCUT2D eigenvalue weighted by Crippen LogP contribution is -2.17. The van der Waals surface area contributed by atoms with Crippen LogP contribution in [0.1, 0.15) is 42.1 Å². The number of phenolic OH excluding ortho intramolecular Hbond substituents is 3. The van der Waals surface area contributed by atoms with Gasteiger partial charge in [-0.2, -0.15) is 5.10 Å². The number of ether oxygens (including phenoxy) is 1. The molecular weight excluding hydrogens is 352 g/mol. The van der Waals surface area contributed by atoms with Crippen LogP contribution in [0.4, 0.5) is 0 Å². The molecule has 0 heterocycles. The van der Waals surface area contributed by atoms with Crippen LogP contribution >= 0.6 is 0 Å². The Balaban J connectivity index is 2.08. The Hall–Kier alpha value is -3.55. The summed E-state index contributed by atoms with van der Waals surface area (Å²) in [5, 5.41) is 32.9. The average Bonchev–Trinajstić information content (AvgIpc) is 2.65. The number of amides is 1. The number of nitrogens with one attached hydrogen (secondary N) is 1. The van der Waals surface area contributed by atoms with Gasteiger partial charge in [0.1, 0.15) is 5.75 Å². The number of rotatable bonds is 7. The highest BCUT2D eigenvalue weighted by Gasteiger charge is 2.16. The lowest BCUT2D eigenvalue weighted by atomic mass is 10.2. The van der Waals surface area contributed by atoms with Gasteiger partial charge in [0.05, 0.1) is 6.21 Å². The molecule has 0 saturated carbocycles. The maximum Gasteiger partial charge on any atom is 0.311 e. The third-order valence-corrected chi connectivity index (χ3v) is 3.59. The number of nitrogens with zero attached hydrogens (tertiary/aromatic N) is 1. The second kappa shape index (κ2) is 9.23. The summed E-state index contributed by atoms with van der Waals surface area (Å²) >= 11 is 0. The van der Waals surface area contributed by atoms with Crippen LogP contribution in [0, 0.1) is 0 Å². The van der Waals surface area contributed by atoms with E-state index in [-0.39, 0.29) is 34.8 Å². The van der Waals surface area contributed by atoms with E-state index in [1.54, 1.807) is 0 Å². The summed E-state index contributed by atoms with van der Waals surface area (Å²) in [6.07, 6.45) is 2.75. The first-order valence-corrected chi connectivity index (χ1v) is 8.30. The van der Waals surface area contributed by atoms with Crippen molar-refractivity contribution < 1.29 is 29.6 Å². The van der Waals surface area contributed by atoms with Gasteiger partial charge >= 0.3 is 5.97 Å². The zero-order chi connectivity index (χ0) is 19.8. The van der Waals surface area contributed by atoms with Gasteiger partial charge in [-0.1, -0.05) is 13.3 Å². The normalized spacial score (nSPS) is 10.7. The van der Waals surface area contributed by atoms with Crippen LogP contribution in [0.15, 0.2) is 41.5 Å². The largest absolute Gasteiger partial charge is 0.508 e. The summed E-state index contributed by atoms with van der Waals surface area (Å²) in [4.78, 5) is 23.6. The number of hydrazone groups is 1. The van der Waals surface area contributed by atoms with E-state index < -0.39 is 17.6 Å². The van der Waals surface area contributed by atoms with Gasteiger partial charge in [-0.25, -0.2) is 5.43 Å². The van der Waals surface area contributed by atoms with Gasteiger partial charge in [0.25, 0.3) is 5.91 Å². The molecule has 27 heavy (non-hydrogen) atoms. The van der Waals surface area contributed by atoms with Crippen LogP contribution < -0.4 is 10.2 Å². The van der Waals surface area contributed by atoms with E-state index in [1.165, 1.54) is 36.4 Å². The van der Waals surface area contributed by atoms with Gasteiger partial charge < -0.3 is 20.1 Å². The monoisotopic (exact) mass is 372 g/mol. The fourth-order valence-electron chi connectivity index (χ4n) is 2.10. The molecule has 142 valence electrons. The number of esters is 1.